The van der Waals surface area contributed by atoms with Gasteiger partial charge in [0.05, 0.1) is 13.2 Å². The smallest absolute Gasteiger partial charge is 0.305 e. The van der Waals surface area contributed by atoms with Crippen molar-refractivity contribution in [1.29, 1.82) is 0 Å². The van der Waals surface area contributed by atoms with Crippen LogP contribution in [0, 0.1) is 0 Å². The molecule has 0 aromatic heterocycles. The standard InChI is InChI=1S/C26H44O4/c1-2-3-4-5-6-7-8-9-10-11-12-13-17-20-26(28)30-23-25(21-27)29-22-24-18-15-14-16-19-24/h14-16,18-19,25,27H,2-13,17,20-23H2,1H3/t25-/m1/s1. The summed E-state index contributed by atoms with van der Waals surface area (Å²) in [6, 6.07) is 9.78. The molecule has 0 aliphatic heterocycles. The monoisotopic (exact) mass is 420 g/mol. The fourth-order valence-corrected chi connectivity index (χ4v) is 3.49. The fourth-order valence-electron chi connectivity index (χ4n) is 3.49. The molecule has 172 valence electrons. The average Bonchev–Trinajstić information content (AvgIpc) is 2.77. The second-order valence-corrected chi connectivity index (χ2v) is 8.28. The lowest BCUT2D eigenvalue weighted by Crippen LogP contribution is -2.25. The maximum Gasteiger partial charge on any atom is 0.305 e. The number of esters is 1. The van der Waals surface area contributed by atoms with E-state index >= 15 is 0 Å². The highest BCUT2D eigenvalue weighted by Gasteiger charge is 2.12. The Morgan fingerprint density at radius 1 is 0.833 bits per heavy atom. The number of hydrogen-bond acceptors (Lipinski definition) is 4. The molecule has 1 rings (SSSR count). The number of hydrogen-bond donors (Lipinski definition) is 1. The van der Waals surface area contributed by atoms with E-state index in [9.17, 15) is 9.90 Å². The lowest BCUT2D eigenvalue weighted by Gasteiger charge is -2.15. The van der Waals surface area contributed by atoms with Crippen LogP contribution in [0.5, 0.6) is 0 Å². The van der Waals surface area contributed by atoms with Crippen molar-refractivity contribution in [2.75, 3.05) is 13.2 Å². The van der Waals surface area contributed by atoms with Crippen LogP contribution in [0.3, 0.4) is 0 Å². The van der Waals surface area contributed by atoms with Gasteiger partial charge >= 0.3 is 5.97 Å². The van der Waals surface area contributed by atoms with E-state index in [1.165, 1.54) is 70.6 Å². The first-order valence-corrected chi connectivity index (χ1v) is 12.2. The molecule has 0 unspecified atom stereocenters. The van der Waals surface area contributed by atoms with E-state index < -0.39 is 6.10 Å². The van der Waals surface area contributed by atoms with Gasteiger partial charge in [0.1, 0.15) is 12.7 Å². The van der Waals surface area contributed by atoms with Gasteiger partial charge in [0.2, 0.25) is 0 Å². The molecule has 0 spiro atoms. The summed E-state index contributed by atoms with van der Waals surface area (Å²) >= 11 is 0. The second kappa shape index (κ2) is 19.6. The maximum absolute atomic E-state index is 11.9. The number of unbranched alkanes of at least 4 members (excludes halogenated alkanes) is 12. The number of rotatable bonds is 20. The van der Waals surface area contributed by atoms with Crippen LogP contribution in [0.2, 0.25) is 0 Å². The average molecular weight is 421 g/mol. The minimum absolute atomic E-state index is 0.112. The van der Waals surface area contributed by atoms with Crippen molar-refractivity contribution in [3.05, 3.63) is 35.9 Å². The van der Waals surface area contributed by atoms with Crippen molar-refractivity contribution < 1.29 is 19.4 Å². The molecule has 0 amide bonds. The summed E-state index contributed by atoms with van der Waals surface area (Å²) in [4.78, 5) is 11.9. The van der Waals surface area contributed by atoms with Crippen molar-refractivity contribution in [3.8, 4) is 0 Å². The summed E-state index contributed by atoms with van der Waals surface area (Å²) in [5.41, 5.74) is 1.04. The zero-order chi connectivity index (χ0) is 21.7. The van der Waals surface area contributed by atoms with Gasteiger partial charge in [-0.1, -0.05) is 114 Å². The summed E-state index contributed by atoms with van der Waals surface area (Å²) in [6.07, 6.45) is 16.8. The topological polar surface area (TPSA) is 55.8 Å². The molecular weight excluding hydrogens is 376 g/mol. The molecule has 1 aromatic rings. The van der Waals surface area contributed by atoms with Crippen LogP contribution in [0.25, 0.3) is 0 Å². The normalized spacial score (nSPS) is 12.1. The van der Waals surface area contributed by atoms with Crippen LogP contribution in [0.1, 0.15) is 102 Å². The molecule has 0 saturated carbocycles. The second-order valence-electron chi connectivity index (χ2n) is 8.28. The van der Waals surface area contributed by atoms with Crippen molar-refractivity contribution >= 4 is 5.97 Å². The van der Waals surface area contributed by atoms with Crippen molar-refractivity contribution in [2.45, 2.75) is 110 Å². The predicted octanol–water partition coefficient (Wildman–Crippen LogP) is 6.59. The van der Waals surface area contributed by atoms with E-state index in [1.807, 2.05) is 30.3 Å². The predicted molar refractivity (Wildman–Crippen MR) is 123 cm³/mol. The first-order chi connectivity index (χ1) is 14.8. The summed E-state index contributed by atoms with van der Waals surface area (Å²) < 4.78 is 10.9. The number of aliphatic hydroxyl groups excluding tert-OH is 1. The Morgan fingerprint density at radius 2 is 1.37 bits per heavy atom. The van der Waals surface area contributed by atoms with E-state index in [4.69, 9.17) is 9.47 Å². The highest BCUT2D eigenvalue weighted by Crippen LogP contribution is 2.13. The summed E-state index contributed by atoms with van der Waals surface area (Å²) in [6.45, 7) is 2.63. The molecule has 4 nitrogen and oxygen atoms in total. The van der Waals surface area contributed by atoms with Gasteiger partial charge in [-0.05, 0) is 12.0 Å². The number of aliphatic hydroxyl groups is 1. The highest BCUT2D eigenvalue weighted by molar-refractivity contribution is 5.69. The highest BCUT2D eigenvalue weighted by atomic mass is 16.6. The van der Waals surface area contributed by atoms with Gasteiger partial charge < -0.3 is 14.6 Å². The zero-order valence-corrected chi connectivity index (χ0v) is 19.2. The Bertz CT molecular complexity index is 503. The number of carbonyl (C=O) groups excluding carboxylic acids is 1. The Balaban J connectivity index is 1.90. The minimum atomic E-state index is -0.471. The molecule has 1 N–H and O–H groups in total. The molecule has 1 aromatic carbocycles. The minimum Gasteiger partial charge on any atom is -0.463 e. The quantitative estimate of drug-likeness (QED) is 0.191. The van der Waals surface area contributed by atoms with Gasteiger partial charge in [-0.25, -0.2) is 0 Å². The Labute approximate surface area is 184 Å². The summed E-state index contributed by atoms with van der Waals surface area (Å²) in [5.74, 6) is -0.195. The van der Waals surface area contributed by atoms with E-state index in [0.717, 1.165) is 18.4 Å². The van der Waals surface area contributed by atoms with Gasteiger partial charge in [0.25, 0.3) is 0 Å². The van der Waals surface area contributed by atoms with Crippen LogP contribution in [0.15, 0.2) is 30.3 Å². The van der Waals surface area contributed by atoms with Gasteiger partial charge in [-0.2, -0.15) is 0 Å². The molecule has 4 heteroatoms. The van der Waals surface area contributed by atoms with Crippen LogP contribution < -0.4 is 0 Å². The van der Waals surface area contributed by atoms with E-state index in [1.54, 1.807) is 0 Å². The molecule has 0 heterocycles. The number of carbonyl (C=O) groups is 1. The number of ether oxygens (including phenoxy) is 2. The third-order valence-electron chi connectivity index (χ3n) is 5.45. The van der Waals surface area contributed by atoms with Crippen molar-refractivity contribution in [3.63, 3.8) is 0 Å². The summed E-state index contributed by atoms with van der Waals surface area (Å²) in [7, 11) is 0. The lowest BCUT2D eigenvalue weighted by molar-refractivity contribution is -0.149. The van der Waals surface area contributed by atoms with E-state index in [2.05, 4.69) is 6.92 Å². The van der Waals surface area contributed by atoms with Crippen LogP contribution in [-0.2, 0) is 20.9 Å². The molecule has 0 saturated heterocycles. The lowest BCUT2D eigenvalue weighted by atomic mass is 10.0. The molecule has 0 aliphatic carbocycles. The first-order valence-electron chi connectivity index (χ1n) is 12.2. The molecule has 0 fully saturated rings. The van der Waals surface area contributed by atoms with Crippen LogP contribution >= 0.6 is 0 Å². The molecule has 1 atom stereocenters. The molecule has 0 bridgehead atoms. The van der Waals surface area contributed by atoms with Gasteiger partial charge in [-0.3, -0.25) is 4.79 Å². The van der Waals surface area contributed by atoms with Gasteiger partial charge in [0.15, 0.2) is 0 Å². The van der Waals surface area contributed by atoms with Gasteiger partial charge in [0, 0.05) is 6.42 Å². The molecule has 30 heavy (non-hydrogen) atoms. The van der Waals surface area contributed by atoms with Crippen molar-refractivity contribution in [2.24, 2.45) is 0 Å². The largest absolute Gasteiger partial charge is 0.463 e. The van der Waals surface area contributed by atoms with E-state index in [0.29, 0.717) is 13.0 Å². The molecule has 0 radical (unpaired) electrons. The maximum atomic E-state index is 11.9. The fraction of sp³-hybridized carbons (Fsp3) is 0.731. The third kappa shape index (κ3) is 15.4. The first kappa shape index (κ1) is 26.6. The Hall–Kier alpha value is -1.39. The zero-order valence-electron chi connectivity index (χ0n) is 19.2. The number of benzene rings is 1. The molecule has 0 aliphatic rings. The van der Waals surface area contributed by atoms with Gasteiger partial charge in [-0.15, -0.1) is 0 Å². The summed E-state index contributed by atoms with van der Waals surface area (Å²) in [5, 5.41) is 9.40. The molecular formula is C26H44O4. The van der Waals surface area contributed by atoms with Crippen LogP contribution in [0.4, 0.5) is 0 Å². The Kier molecular flexibility index (Phi) is 17.4. The Morgan fingerprint density at radius 3 is 1.90 bits per heavy atom. The van der Waals surface area contributed by atoms with Crippen LogP contribution in [-0.4, -0.2) is 30.4 Å². The third-order valence-corrected chi connectivity index (χ3v) is 5.45. The van der Waals surface area contributed by atoms with Crippen molar-refractivity contribution in [1.82, 2.24) is 0 Å². The SMILES string of the molecule is CCCCCCCCCCCCCCCC(=O)OC[C@@H](CO)OCc1ccccc1. The van der Waals surface area contributed by atoms with E-state index in [-0.39, 0.29) is 19.2 Å².